The van der Waals surface area contributed by atoms with Crippen molar-refractivity contribution in [1.82, 2.24) is 16.0 Å². The number of benzene rings is 1. The number of primary amides is 1. The van der Waals surface area contributed by atoms with Crippen LogP contribution in [-0.2, 0) is 16.1 Å². The molecule has 0 aromatic heterocycles. The molecule has 1 rings (SSSR count). The van der Waals surface area contributed by atoms with Gasteiger partial charge in [-0.3, -0.25) is 20.2 Å². The van der Waals surface area contributed by atoms with E-state index in [0.717, 1.165) is 5.56 Å². The van der Waals surface area contributed by atoms with Gasteiger partial charge in [-0.05, 0) is 5.56 Å². The molecule has 1 aromatic carbocycles. The average molecular weight is 264 g/mol. The molecule has 102 valence electrons. The highest BCUT2D eigenvalue weighted by atomic mass is 16.2. The maximum absolute atomic E-state index is 11.4. The van der Waals surface area contributed by atoms with Gasteiger partial charge >= 0.3 is 6.03 Å². The van der Waals surface area contributed by atoms with Crippen LogP contribution >= 0.6 is 0 Å². The van der Waals surface area contributed by atoms with Crippen LogP contribution in [0.2, 0.25) is 0 Å². The highest BCUT2D eigenvalue weighted by molar-refractivity contribution is 5.94. The maximum Gasteiger partial charge on any atom is 0.318 e. The van der Waals surface area contributed by atoms with Gasteiger partial charge < -0.3 is 11.1 Å². The van der Waals surface area contributed by atoms with Gasteiger partial charge in [0.25, 0.3) is 0 Å². The minimum atomic E-state index is -0.916. The molecule has 0 saturated heterocycles. The van der Waals surface area contributed by atoms with Gasteiger partial charge in [-0.15, -0.1) is 0 Å². The van der Waals surface area contributed by atoms with E-state index in [2.05, 4.69) is 10.6 Å². The van der Waals surface area contributed by atoms with Crippen molar-refractivity contribution in [3.05, 3.63) is 35.9 Å². The molecular weight excluding hydrogens is 248 g/mol. The lowest BCUT2D eigenvalue weighted by Gasteiger charge is -2.06. The molecule has 0 unspecified atom stereocenters. The van der Waals surface area contributed by atoms with E-state index >= 15 is 0 Å². The Morgan fingerprint density at radius 3 is 2.26 bits per heavy atom. The van der Waals surface area contributed by atoms with Crippen LogP contribution in [0.25, 0.3) is 0 Å². The van der Waals surface area contributed by atoms with E-state index < -0.39 is 11.9 Å². The first-order valence-electron chi connectivity index (χ1n) is 5.68. The summed E-state index contributed by atoms with van der Waals surface area (Å²) in [5, 5.41) is 7.16. The Balaban J connectivity index is 2.15. The molecule has 4 amide bonds. The molecule has 0 aliphatic rings. The van der Waals surface area contributed by atoms with Crippen molar-refractivity contribution in [3.8, 4) is 0 Å². The summed E-state index contributed by atoms with van der Waals surface area (Å²) in [6, 6.07) is 8.54. The predicted molar refractivity (Wildman–Crippen MR) is 68.9 cm³/mol. The molecule has 0 bridgehead atoms. The fraction of sp³-hybridized carbons (Fsp3) is 0.250. The highest BCUT2D eigenvalue weighted by Gasteiger charge is 2.05. The zero-order chi connectivity index (χ0) is 14.1. The summed E-state index contributed by atoms with van der Waals surface area (Å²) in [4.78, 5) is 32.8. The third-order valence-electron chi connectivity index (χ3n) is 2.17. The number of nitrogens with two attached hydrogens (primary N) is 1. The molecule has 7 nitrogen and oxygen atoms in total. The molecule has 1 aromatic rings. The Morgan fingerprint density at radius 1 is 1.00 bits per heavy atom. The van der Waals surface area contributed by atoms with E-state index in [4.69, 9.17) is 5.73 Å². The van der Waals surface area contributed by atoms with E-state index in [1.807, 2.05) is 35.6 Å². The number of hydrogen-bond acceptors (Lipinski definition) is 4. The van der Waals surface area contributed by atoms with Gasteiger partial charge in [-0.2, -0.15) is 0 Å². The van der Waals surface area contributed by atoms with Crippen molar-refractivity contribution in [2.45, 2.75) is 6.54 Å². The monoisotopic (exact) mass is 264 g/mol. The Labute approximate surface area is 110 Å². The zero-order valence-electron chi connectivity index (χ0n) is 10.3. The molecule has 0 spiro atoms. The van der Waals surface area contributed by atoms with E-state index in [1.54, 1.807) is 0 Å². The smallest absolute Gasteiger partial charge is 0.318 e. The van der Waals surface area contributed by atoms with E-state index in [-0.39, 0.29) is 19.0 Å². The van der Waals surface area contributed by atoms with Gasteiger partial charge in [-0.25, -0.2) is 4.79 Å². The molecule has 5 N–H and O–H groups in total. The summed E-state index contributed by atoms with van der Waals surface area (Å²) in [7, 11) is 0. The first-order valence-corrected chi connectivity index (χ1v) is 5.68. The molecule has 0 heterocycles. The zero-order valence-corrected chi connectivity index (χ0v) is 10.3. The van der Waals surface area contributed by atoms with Gasteiger partial charge in [-0.1, -0.05) is 30.3 Å². The number of hydrogen-bond donors (Lipinski definition) is 4. The van der Waals surface area contributed by atoms with Gasteiger partial charge in [0, 0.05) is 6.54 Å². The molecule has 0 radical (unpaired) electrons. The average Bonchev–Trinajstić information content (AvgIpc) is 2.36. The van der Waals surface area contributed by atoms with Gasteiger partial charge in [0.2, 0.25) is 11.8 Å². The quantitative estimate of drug-likeness (QED) is 0.532. The summed E-state index contributed by atoms with van der Waals surface area (Å²) >= 11 is 0. The highest BCUT2D eigenvalue weighted by Crippen LogP contribution is 1.96. The lowest BCUT2D eigenvalue weighted by atomic mass is 10.2. The van der Waals surface area contributed by atoms with E-state index in [0.29, 0.717) is 6.54 Å². The van der Waals surface area contributed by atoms with Gasteiger partial charge in [0.05, 0.1) is 13.1 Å². The first-order chi connectivity index (χ1) is 9.08. The van der Waals surface area contributed by atoms with Crippen molar-refractivity contribution in [1.29, 1.82) is 0 Å². The largest absolute Gasteiger partial charge is 0.351 e. The Kier molecular flexibility index (Phi) is 6.04. The predicted octanol–water partition coefficient (Wildman–Crippen LogP) is -0.913. The minimum Gasteiger partial charge on any atom is -0.351 e. The number of nitrogens with one attached hydrogen (secondary N) is 3. The van der Waals surface area contributed by atoms with Crippen LogP contribution < -0.4 is 21.7 Å². The second kappa shape index (κ2) is 7.83. The van der Waals surface area contributed by atoms with Crippen LogP contribution in [0.5, 0.6) is 0 Å². The fourth-order valence-corrected chi connectivity index (χ4v) is 1.33. The minimum absolute atomic E-state index is 0.0149. The van der Waals surface area contributed by atoms with Gasteiger partial charge in [0.1, 0.15) is 0 Å². The first kappa shape index (κ1) is 14.7. The normalized spacial score (nSPS) is 9.68. The second-order valence-corrected chi connectivity index (χ2v) is 3.78. The molecule has 0 aliphatic carbocycles. The molecule has 0 atom stereocenters. The van der Waals surface area contributed by atoms with Crippen molar-refractivity contribution >= 4 is 17.8 Å². The topological polar surface area (TPSA) is 113 Å². The summed E-state index contributed by atoms with van der Waals surface area (Å²) in [5.74, 6) is -0.820. The second-order valence-electron chi connectivity index (χ2n) is 3.78. The van der Waals surface area contributed by atoms with Crippen LogP contribution in [0, 0.1) is 0 Å². The number of urea groups is 1. The Morgan fingerprint density at radius 2 is 1.63 bits per heavy atom. The number of amides is 4. The molecule has 7 heteroatoms. The molecule has 0 saturated carbocycles. The standard InChI is InChI=1S/C12H16N4O3/c13-12(19)16-11(18)8-14-7-10(17)15-6-9-4-2-1-3-5-9/h1-5,14H,6-8H2,(H,15,17)(H3,13,16,18,19). The SMILES string of the molecule is NC(=O)NC(=O)CNCC(=O)NCc1ccccc1. The van der Waals surface area contributed by atoms with Crippen LogP contribution in [0.3, 0.4) is 0 Å². The van der Waals surface area contributed by atoms with Crippen LogP contribution in [0.4, 0.5) is 4.79 Å². The number of rotatable bonds is 6. The third kappa shape index (κ3) is 6.79. The lowest BCUT2D eigenvalue weighted by molar-refractivity contribution is -0.121. The van der Waals surface area contributed by atoms with Crippen LogP contribution in [-0.4, -0.2) is 30.9 Å². The number of carbonyl (C=O) groups is 3. The Hall–Kier alpha value is -2.41. The number of carbonyl (C=O) groups excluding carboxylic acids is 3. The fourth-order valence-electron chi connectivity index (χ4n) is 1.33. The summed E-state index contributed by atoms with van der Waals surface area (Å²) in [5.41, 5.74) is 5.75. The van der Waals surface area contributed by atoms with Gasteiger partial charge in [0.15, 0.2) is 0 Å². The lowest BCUT2D eigenvalue weighted by Crippen LogP contribution is -2.43. The van der Waals surface area contributed by atoms with Crippen molar-refractivity contribution in [2.24, 2.45) is 5.73 Å². The summed E-state index contributed by atoms with van der Waals surface area (Å²) in [6.07, 6.45) is 0. The van der Waals surface area contributed by atoms with E-state index in [1.165, 1.54) is 0 Å². The molecular formula is C12H16N4O3. The third-order valence-corrected chi connectivity index (χ3v) is 2.17. The van der Waals surface area contributed by atoms with Crippen molar-refractivity contribution in [2.75, 3.05) is 13.1 Å². The number of imide groups is 1. The maximum atomic E-state index is 11.4. The summed E-state index contributed by atoms with van der Waals surface area (Å²) < 4.78 is 0. The Bertz CT molecular complexity index is 448. The van der Waals surface area contributed by atoms with Crippen molar-refractivity contribution < 1.29 is 14.4 Å². The summed E-state index contributed by atoms with van der Waals surface area (Å²) in [6.45, 7) is 0.259. The molecule has 0 aliphatic heterocycles. The van der Waals surface area contributed by atoms with Crippen LogP contribution in [0.15, 0.2) is 30.3 Å². The molecule has 0 fully saturated rings. The van der Waals surface area contributed by atoms with Crippen molar-refractivity contribution in [3.63, 3.8) is 0 Å². The van der Waals surface area contributed by atoms with E-state index in [9.17, 15) is 14.4 Å². The molecule has 19 heavy (non-hydrogen) atoms. The van der Waals surface area contributed by atoms with Crippen LogP contribution in [0.1, 0.15) is 5.56 Å².